The molecule has 0 spiro atoms. The third-order valence-corrected chi connectivity index (χ3v) is 4.83. The molecule has 0 aliphatic carbocycles. The van der Waals surface area contributed by atoms with E-state index in [1.807, 2.05) is 0 Å². The summed E-state index contributed by atoms with van der Waals surface area (Å²) in [6, 6.07) is 0.752. The molecular formula is C11H22N2OS. The second kappa shape index (κ2) is 5.53. The second-order valence-electron chi connectivity index (χ2n) is 4.51. The van der Waals surface area contributed by atoms with Gasteiger partial charge in [0.25, 0.3) is 0 Å². The summed E-state index contributed by atoms with van der Waals surface area (Å²) in [5, 5.41) is 0.773. The number of nitrogens with two attached hydrogens (primary N) is 1. The first-order chi connectivity index (χ1) is 7.31. The van der Waals surface area contributed by atoms with Gasteiger partial charge < -0.3 is 10.5 Å². The molecule has 2 aliphatic heterocycles. The Labute approximate surface area is 96.7 Å². The van der Waals surface area contributed by atoms with E-state index < -0.39 is 0 Å². The number of ether oxygens (including phenoxy) is 1. The lowest BCUT2D eigenvalue weighted by molar-refractivity contribution is -0.0397. The molecule has 2 rings (SSSR count). The van der Waals surface area contributed by atoms with Crippen molar-refractivity contribution in [1.82, 2.24) is 4.90 Å². The number of morpholine rings is 1. The average molecular weight is 230 g/mol. The van der Waals surface area contributed by atoms with Crippen LogP contribution in [0.2, 0.25) is 0 Å². The molecule has 0 saturated carbocycles. The van der Waals surface area contributed by atoms with Crippen LogP contribution < -0.4 is 5.73 Å². The summed E-state index contributed by atoms with van der Waals surface area (Å²) in [6.45, 7) is 6.00. The van der Waals surface area contributed by atoms with Crippen molar-refractivity contribution in [3.8, 4) is 0 Å². The van der Waals surface area contributed by atoms with Gasteiger partial charge in [-0.15, -0.1) is 0 Å². The maximum Gasteiger partial charge on any atom is 0.0824 e. The first kappa shape index (κ1) is 11.7. The second-order valence-corrected chi connectivity index (χ2v) is 5.99. The van der Waals surface area contributed by atoms with Crippen LogP contribution >= 0.6 is 11.8 Å². The summed E-state index contributed by atoms with van der Waals surface area (Å²) >= 11 is 2.11. The van der Waals surface area contributed by atoms with Gasteiger partial charge in [0.15, 0.2) is 0 Å². The van der Waals surface area contributed by atoms with Crippen LogP contribution in [0.3, 0.4) is 0 Å². The van der Waals surface area contributed by atoms with Gasteiger partial charge in [-0.25, -0.2) is 0 Å². The van der Waals surface area contributed by atoms with E-state index in [-0.39, 0.29) is 6.10 Å². The van der Waals surface area contributed by atoms with Gasteiger partial charge in [0.2, 0.25) is 0 Å². The van der Waals surface area contributed by atoms with Crippen molar-refractivity contribution in [2.75, 3.05) is 32.0 Å². The highest BCUT2D eigenvalue weighted by molar-refractivity contribution is 7.99. The molecule has 88 valence electrons. The summed E-state index contributed by atoms with van der Waals surface area (Å²) in [5.74, 6) is 1.34. The Kier molecular flexibility index (Phi) is 4.31. The van der Waals surface area contributed by atoms with Crippen molar-refractivity contribution in [2.24, 2.45) is 5.73 Å². The third kappa shape index (κ3) is 2.87. The molecule has 4 heteroatoms. The molecule has 2 fully saturated rings. The summed E-state index contributed by atoms with van der Waals surface area (Å²) in [6.07, 6.45) is 2.98. The lowest BCUT2D eigenvalue weighted by Gasteiger charge is -2.42. The minimum atomic E-state index is 0.262. The Balaban J connectivity index is 1.90. The van der Waals surface area contributed by atoms with Gasteiger partial charge in [0, 0.05) is 30.9 Å². The van der Waals surface area contributed by atoms with Gasteiger partial charge in [-0.3, -0.25) is 4.90 Å². The predicted molar refractivity (Wildman–Crippen MR) is 65.3 cm³/mol. The summed E-state index contributed by atoms with van der Waals surface area (Å²) in [7, 11) is 0. The fraction of sp³-hybridized carbons (Fsp3) is 1.00. The normalized spacial score (nSPS) is 39.2. The lowest BCUT2D eigenvalue weighted by atomic mass is 10.0. The third-order valence-electron chi connectivity index (χ3n) is 3.47. The molecule has 3 unspecified atom stereocenters. The molecule has 2 saturated heterocycles. The molecule has 0 bridgehead atoms. The van der Waals surface area contributed by atoms with Crippen molar-refractivity contribution >= 4 is 11.8 Å². The molecule has 2 heterocycles. The van der Waals surface area contributed by atoms with Crippen molar-refractivity contribution < 1.29 is 4.74 Å². The maximum atomic E-state index is 5.67. The van der Waals surface area contributed by atoms with Gasteiger partial charge in [0.1, 0.15) is 0 Å². The van der Waals surface area contributed by atoms with Crippen LogP contribution in [0.1, 0.15) is 19.8 Å². The first-order valence-corrected chi connectivity index (χ1v) is 7.03. The van der Waals surface area contributed by atoms with E-state index in [4.69, 9.17) is 10.5 Å². The van der Waals surface area contributed by atoms with Crippen LogP contribution in [-0.2, 0) is 4.74 Å². The van der Waals surface area contributed by atoms with E-state index in [1.165, 1.54) is 18.6 Å². The molecule has 15 heavy (non-hydrogen) atoms. The fourth-order valence-corrected chi connectivity index (χ4v) is 3.81. The van der Waals surface area contributed by atoms with Crippen LogP contribution in [0.4, 0.5) is 0 Å². The van der Waals surface area contributed by atoms with E-state index in [1.54, 1.807) is 0 Å². The fourth-order valence-electron chi connectivity index (χ4n) is 2.57. The molecule has 0 aromatic rings. The van der Waals surface area contributed by atoms with E-state index in [2.05, 4.69) is 23.6 Å². The Morgan fingerprint density at radius 2 is 2.40 bits per heavy atom. The van der Waals surface area contributed by atoms with Crippen molar-refractivity contribution in [2.45, 2.75) is 37.2 Å². The summed E-state index contributed by atoms with van der Waals surface area (Å²) in [4.78, 5) is 2.60. The standard InChI is InChI=1S/C11H22N2OS/c1-9-11(3-2-6-15-9)13-4-5-14-10(7-12)8-13/h9-11H,2-8,12H2,1H3. The minimum absolute atomic E-state index is 0.262. The van der Waals surface area contributed by atoms with Gasteiger partial charge in [-0.05, 0) is 18.6 Å². The lowest BCUT2D eigenvalue weighted by Crippen LogP contribution is -2.53. The predicted octanol–water partition coefficient (Wildman–Crippen LogP) is 0.930. The Bertz CT molecular complexity index is 203. The van der Waals surface area contributed by atoms with Gasteiger partial charge in [-0.1, -0.05) is 6.92 Å². The van der Waals surface area contributed by atoms with E-state index >= 15 is 0 Å². The monoisotopic (exact) mass is 230 g/mol. The molecule has 0 aromatic carbocycles. The largest absolute Gasteiger partial charge is 0.374 e. The van der Waals surface area contributed by atoms with Crippen LogP contribution in [0.25, 0.3) is 0 Å². The molecule has 0 radical (unpaired) electrons. The number of nitrogens with zero attached hydrogens (tertiary/aromatic N) is 1. The van der Waals surface area contributed by atoms with Crippen molar-refractivity contribution in [3.63, 3.8) is 0 Å². The molecule has 2 N–H and O–H groups in total. The van der Waals surface area contributed by atoms with E-state index in [0.717, 1.165) is 31.0 Å². The summed E-state index contributed by atoms with van der Waals surface area (Å²) < 4.78 is 5.61. The maximum absolute atomic E-state index is 5.67. The number of rotatable bonds is 2. The zero-order chi connectivity index (χ0) is 10.7. The smallest absolute Gasteiger partial charge is 0.0824 e. The zero-order valence-corrected chi connectivity index (χ0v) is 10.3. The zero-order valence-electron chi connectivity index (χ0n) is 9.52. The molecule has 3 atom stereocenters. The van der Waals surface area contributed by atoms with Crippen molar-refractivity contribution in [1.29, 1.82) is 0 Å². The molecule has 3 nitrogen and oxygen atoms in total. The van der Waals surface area contributed by atoms with Crippen LogP contribution in [0.15, 0.2) is 0 Å². The molecule has 0 aromatic heterocycles. The van der Waals surface area contributed by atoms with Crippen molar-refractivity contribution in [3.05, 3.63) is 0 Å². The highest BCUT2D eigenvalue weighted by Gasteiger charge is 2.31. The highest BCUT2D eigenvalue weighted by atomic mass is 32.2. The van der Waals surface area contributed by atoms with Gasteiger partial charge in [0.05, 0.1) is 12.7 Å². The Hall–Kier alpha value is 0.230. The van der Waals surface area contributed by atoms with E-state index in [0.29, 0.717) is 6.54 Å². The van der Waals surface area contributed by atoms with Crippen LogP contribution in [-0.4, -0.2) is 54.3 Å². The van der Waals surface area contributed by atoms with E-state index in [9.17, 15) is 0 Å². The van der Waals surface area contributed by atoms with Gasteiger partial charge >= 0.3 is 0 Å². The number of hydrogen-bond donors (Lipinski definition) is 1. The van der Waals surface area contributed by atoms with Crippen LogP contribution in [0.5, 0.6) is 0 Å². The Morgan fingerprint density at radius 3 is 3.13 bits per heavy atom. The first-order valence-electron chi connectivity index (χ1n) is 5.98. The molecule has 2 aliphatic rings. The Morgan fingerprint density at radius 1 is 1.53 bits per heavy atom. The van der Waals surface area contributed by atoms with Crippen LogP contribution in [0, 0.1) is 0 Å². The number of hydrogen-bond acceptors (Lipinski definition) is 4. The minimum Gasteiger partial charge on any atom is -0.374 e. The highest BCUT2D eigenvalue weighted by Crippen LogP contribution is 2.29. The SMILES string of the molecule is CC1SCCCC1N1CCOC(CN)C1. The molecule has 0 amide bonds. The van der Waals surface area contributed by atoms with Gasteiger partial charge in [-0.2, -0.15) is 11.8 Å². The quantitative estimate of drug-likeness (QED) is 0.766. The summed E-state index contributed by atoms with van der Waals surface area (Å²) in [5.41, 5.74) is 5.67. The topological polar surface area (TPSA) is 38.5 Å². The number of thioether (sulfide) groups is 1. The molecular weight excluding hydrogens is 208 g/mol. The average Bonchev–Trinajstić information content (AvgIpc) is 2.30.